The minimum Gasteiger partial charge on any atom is -0.454 e. The van der Waals surface area contributed by atoms with Crippen molar-refractivity contribution in [2.45, 2.75) is 17.2 Å². The molecule has 0 amide bonds. The molecular weight excluding hydrogens is 403 g/mol. The Labute approximate surface area is 128 Å². The molecule has 0 saturated carbocycles. The summed E-state index contributed by atoms with van der Waals surface area (Å²) in [6.45, 7) is 0.421. The number of nitrogens with one attached hydrogen (secondary N) is 1. The fraction of sp³-hybridized carbons (Fsp3) is 0.167. The van der Waals surface area contributed by atoms with E-state index >= 15 is 0 Å². The summed E-state index contributed by atoms with van der Waals surface area (Å²) in [5, 5.41) is 3.00. The first-order chi connectivity index (χ1) is 9.39. The van der Waals surface area contributed by atoms with Crippen molar-refractivity contribution >= 4 is 38.1 Å². The number of furan rings is 1. The highest BCUT2D eigenvalue weighted by Gasteiger charge is 2.26. The van der Waals surface area contributed by atoms with Gasteiger partial charge in [-0.3, -0.25) is 0 Å². The Balaban J connectivity index is 2.05. The molecule has 0 saturated heterocycles. The Morgan fingerprint density at radius 2 is 1.80 bits per heavy atom. The van der Waals surface area contributed by atoms with Crippen LogP contribution in [-0.2, 0) is 16.4 Å². The topological polar surface area (TPSA) is 59.3 Å². The highest BCUT2D eigenvalue weighted by molar-refractivity contribution is 14.1. The molecule has 8 heteroatoms. The van der Waals surface area contributed by atoms with Crippen LogP contribution in [0.15, 0.2) is 45.7 Å². The Bertz CT molecular complexity index is 683. The summed E-state index contributed by atoms with van der Waals surface area (Å²) in [6, 6.07) is 8.79. The van der Waals surface area contributed by atoms with Crippen LogP contribution in [0.1, 0.15) is 5.76 Å². The van der Waals surface area contributed by atoms with Gasteiger partial charge in [0.25, 0.3) is 0 Å². The molecule has 1 aromatic heterocycles. The monoisotopic (exact) mass is 413 g/mol. The van der Waals surface area contributed by atoms with Crippen LogP contribution in [0.3, 0.4) is 0 Å². The number of anilines is 1. The van der Waals surface area contributed by atoms with E-state index in [4.69, 9.17) is 4.42 Å². The lowest BCUT2D eigenvalue weighted by molar-refractivity contribution is 0.234. The normalized spacial score (nSPS) is 11.8. The average Bonchev–Trinajstić information content (AvgIpc) is 2.82. The zero-order chi connectivity index (χ0) is 14.8. The highest BCUT2D eigenvalue weighted by atomic mass is 127. The molecule has 20 heavy (non-hydrogen) atoms. The summed E-state index contributed by atoms with van der Waals surface area (Å²) in [5.41, 5.74) is 0.615. The van der Waals surface area contributed by atoms with Gasteiger partial charge in [0, 0.05) is 5.69 Å². The maximum atomic E-state index is 12.4. The van der Waals surface area contributed by atoms with Gasteiger partial charge >= 0.3 is 5.76 Å². The van der Waals surface area contributed by atoms with Gasteiger partial charge in [-0.05, 0) is 59.0 Å². The molecule has 0 radical (unpaired) electrons. The molecule has 0 aliphatic heterocycles. The molecule has 0 aliphatic carbocycles. The number of hydrogen-bond donors (Lipinski definition) is 1. The standard InChI is InChI=1S/C12H10F2INO3S/c13-12(14)20(17,18)10-4-1-8(2-5-10)16-7-9-3-6-11(15)19-9/h1-6,12,16H,7H2. The number of benzene rings is 1. The molecule has 2 rings (SSSR count). The van der Waals surface area contributed by atoms with E-state index in [2.05, 4.69) is 5.32 Å². The van der Waals surface area contributed by atoms with Gasteiger partial charge in [0.15, 0.2) is 3.77 Å². The van der Waals surface area contributed by atoms with Crippen LogP contribution < -0.4 is 5.32 Å². The highest BCUT2D eigenvalue weighted by Crippen LogP contribution is 2.20. The molecule has 0 bridgehead atoms. The second kappa shape index (κ2) is 6.08. The van der Waals surface area contributed by atoms with Crippen molar-refractivity contribution < 1.29 is 21.6 Å². The second-order valence-electron chi connectivity index (χ2n) is 3.89. The van der Waals surface area contributed by atoms with Gasteiger partial charge in [-0.25, -0.2) is 8.42 Å². The van der Waals surface area contributed by atoms with E-state index in [0.29, 0.717) is 12.2 Å². The Kier molecular flexibility index (Phi) is 4.63. The van der Waals surface area contributed by atoms with Crippen LogP contribution in [0.5, 0.6) is 0 Å². The molecule has 0 spiro atoms. The smallest absolute Gasteiger partial charge is 0.341 e. The van der Waals surface area contributed by atoms with Gasteiger partial charge in [0.05, 0.1) is 11.4 Å². The van der Waals surface area contributed by atoms with E-state index in [1.807, 2.05) is 34.7 Å². The van der Waals surface area contributed by atoms with E-state index in [0.717, 1.165) is 21.7 Å². The van der Waals surface area contributed by atoms with Gasteiger partial charge in [-0.15, -0.1) is 0 Å². The third kappa shape index (κ3) is 3.48. The molecule has 1 heterocycles. The van der Waals surface area contributed by atoms with Gasteiger partial charge in [-0.1, -0.05) is 0 Å². The minimum absolute atomic E-state index is 0.398. The SMILES string of the molecule is O=S(=O)(c1ccc(NCc2ccc(I)o2)cc1)C(F)F. The first-order valence-electron chi connectivity index (χ1n) is 5.50. The quantitative estimate of drug-likeness (QED) is 0.763. The molecule has 1 aromatic carbocycles. The van der Waals surface area contributed by atoms with Crippen LogP contribution in [0.4, 0.5) is 14.5 Å². The lowest BCUT2D eigenvalue weighted by Crippen LogP contribution is -2.11. The van der Waals surface area contributed by atoms with Crippen LogP contribution in [0.25, 0.3) is 0 Å². The summed E-state index contributed by atoms with van der Waals surface area (Å²) in [7, 11) is -4.54. The molecule has 108 valence electrons. The molecule has 2 aromatic rings. The van der Waals surface area contributed by atoms with Crippen molar-refractivity contribution in [2.75, 3.05) is 5.32 Å². The fourth-order valence-corrected chi connectivity index (χ4v) is 2.69. The van der Waals surface area contributed by atoms with Gasteiger partial charge in [0.2, 0.25) is 9.84 Å². The lowest BCUT2D eigenvalue weighted by atomic mass is 10.3. The van der Waals surface area contributed by atoms with Crippen molar-refractivity contribution in [1.82, 2.24) is 0 Å². The molecule has 0 atom stereocenters. The van der Waals surface area contributed by atoms with Gasteiger partial charge < -0.3 is 9.73 Å². The second-order valence-corrected chi connectivity index (χ2v) is 6.87. The van der Waals surface area contributed by atoms with E-state index in [-0.39, 0.29) is 0 Å². The van der Waals surface area contributed by atoms with Crippen molar-refractivity contribution in [3.8, 4) is 0 Å². The van der Waals surface area contributed by atoms with Gasteiger partial charge in [-0.2, -0.15) is 8.78 Å². The van der Waals surface area contributed by atoms with Crippen molar-refractivity contribution in [1.29, 1.82) is 0 Å². The average molecular weight is 413 g/mol. The Hall–Kier alpha value is -1.16. The summed E-state index contributed by atoms with van der Waals surface area (Å²) in [4.78, 5) is -0.398. The largest absolute Gasteiger partial charge is 0.454 e. The molecule has 0 aliphatic rings. The molecule has 0 unspecified atom stereocenters. The predicted octanol–water partition coefficient (Wildman–Crippen LogP) is 3.49. The van der Waals surface area contributed by atoms with Crippen LogP contribution in [0, 0.1) is 3.77 Å². The summed E-state index contributed by atoms with van der Waals surface area (Å²) in [5.74, 6) is -2.69. The fourth-order valence-electron chi connectivity index (χ4n) is 1.50. The zero-order valence-electron chi connectivity index (χ0n) is 10.0. The maximum Gasteiger partial charge on any atom is 0.341 e. The number of alkyl halides is 2. The van der Waals surface area contributed by atoms with E-state index in [1.165, 1.54) is 12.1 Å². The van der Waals surface area contributed by atoms with E-state index < -0.39 is 20.5 Å². The lowest BCUT2D eigenvalue weighted by Gasteiger charge is -2.06. The summed E-state index contributed by atoms with van der Waals surface area (Å²) in [6.07, 6.45) is 0. The Morgan fingerprint density at radius 3 is 2.30 bits per heavy atom. The third-order valence-electron chi connectivity index (χ3n) is 2.51. The third-order valence-corrected chi connectivity index (χ3v) is 4.49. The predicted molar refractivity (Wildman–Crippen MR) is 78.4 cm³/mol. The van der Waals surface area contributed by atoms with Crippen LogP contribution in [-0.4, -0.2) is 14.2 Å². The van der Waals surface area contributed by atoms with Crippen molar-refractivity contribution in [3.63, 3.8) is 0 Å². The minimum atomic E-state index is -4.54. The molecule has 1 N–H and O–H groups in total. The maximum absolute atomic E-state index is 12.4. The van der Waals surface area contributed by atoms with Crippen molar-refractivity contribution in [2.24, 2.45) is 0 Å². The first kappa shape index (κ1) is 15.2. The van der Waals surface area contributed by atoms with E-state index in [9.17, 15) is 17.2 Å². The number of rotatable bonds is 5. The molecule has 0 fully saturated rings. The van der Waals surface area contributed by atoms with Crippen LogP contribution >= 0.6 is 22.6 Å². The zero-order valence-corrected chi connectivity index (χ0v) is 13.0. The number of sulfone groups is 1. The summed E-state index contributed by atoms with van der Waals surface area (Å²) >= 11 is 2.04. The van der Waals surface area contributed by atoms with Crippen molar-refractivity contribution in [3.05, 3.63) is 45.9 Å². The molecular formula is C12H10F2INO3S. The molecule has 4 nitrogen and oxygen atoms in total. The van der Waals surface area contributed by atoms with Gasteiger partial charge in [0.1, 0.15) is 5.76 Å². The van der Waals surface area contributed by atoms with E-state index in [1.54, 1.807) is 0 Å². The summed E-state index contributed by atoms with van der Waals surface area (Å²) < 4.78 is 53.3. The number of halogens is 3. The van der Waals surface area contributed by atoms with Crippen LogP contribution in [0.2, 0.25) is 0 Å². The Morgan fingerprint density at radius 1 is 1.15 bits per heavy atom. The first-order valence-corrected chi connectivity index (χ1v) is 8.12. The number of hydrogen-bond acceptors (Lipinski definition) is 4.